The van der Waals surface area contributed by atoms with Crippen molar-refractivity contribution in [1.29, 1.82) is 0 Å². The summed E-state index contributed by atoms with van der Waals surface area (Å²) in [4.78, 5) is 17.6. The van der Waals surface area contributed by atoms with E-state index >= 15 is 0 Å². The first kappa shape index (κ1) is 18.8. The largest absolute Gasteiger partial charge is 0.454 e. The van der Waals surface area contributed by atoms with Gasteiger partial charge in [0.15, 0.2) is 11.5 Å². The molecule has 0 saturated heterocycles. The maximum Gasteiger partial charge on any atom is 0.231 e. The molecule has 1 amide bonds. The Balaban J connectivity index is 1.30. The zero-order chi connectivity index (χ0) is 21.7. The molecule has 1 N–H and O–H groups in total. The summed E-state index contributed by atoms with van der Waals surface area (Å²) in [6, 6.07) is 19.7. The average Bonchev–Trinajstić information content (AvgIpc) is 3.49. The Bertz CT molecular complexity index is 1460. The number of hydrogen-bond donors (Lipinski definition) is 1. The first-order valence-corrected chi connectivity index (χ1v) is 11.0. The lowest BCUT2D eigenvalue weighted by atomic mass is 10.0. The lowest BCUT2D eigenvalue weighted by Gasteiger charge is -2.08. The van der Waals surface area contributed by atoms with Crippen LogP contribution in [0.2, 0.25) is 0 Å². The summed E-state index contributed by atoms with van der Waals surface area (Å²) >= 11 is 1.48. The standard InChI is InChI=1S/C24H18N4O3S/c1-14-9-22(26-23(29)10-16-7-4-6-15-5-2-3-8-17(15)16)28(27-14)24-25-18-11-19-20(31-13-30-19)12-21(18)32-24/h2-9,11-12H,10,13H2,1H3,(H,26,29). The van der Waals surface area contributed by atoms with Crippen molar-refractivity contribution in [2.75, 3.05) is 12.1 Å². The Morgan fingerprint density at radius 3 is 2.81 bits per heavy atom. The highest BCUT2D eigenvalue weighted by molar-refractivity contribution is 7.20. The molecule has 0 spiro atoms. The molecular formula is C24H18N4O3S. The SMILES string of the molecule is Cc1cc(NC(=O)Cc2cccc3ccccc23)n(-c2nc3cc4c(cc3s2)OCO4)n1. The number of amides is 1. The van der Waals surface area contributed by atoms with E-state index in [1.807, 2.05) is 67.6 Å². The molecule has 0 bridgehead atoms. The molecule has 3 heterocycles. The fourth-order valence-electron chi connectivity index (χ4n) is 3.94. The van der Waals surface area contributed by atoms with Crippen molar-refractivity contribution in [3.05, 3.63) is 71.9 Å². The number of rotatable bonds is 4. The number of carbonyl (C=O) groups excluding carboxylic acids is 1. The number of thiazole rings is 1. The van der Waals surface area contributed by atoms with Crippen molar-refractivity contribution < 1.29 is 14.3 Å². The van der Waals surface area contributed by atoms with Gasteiger partial charge in [0.1, 0.15) is 5.82 Å². The Morgan fingerprint density at radius 2 is 1.91 bits per heavy atom. The van der Waals surface area contributed by atoms with Gasteiger partial charge >= 0.3 is 0 Å². The zero-order valence-electron chi connectivity index (χ0n) is 17.2. The van der Waals surface area contributed by atoms with Gasteiger partial charge in [-0.3, -0.25) is 4.79 Å². The molecule has 0 atom stereocenters. The van der Waals surface area contributed by atoms with Gasteiger partial charge in [-0.15, -0.1) is 0 Å². The van der Waals surface area contributed by atoms with E-state index in [1.54, 1.807) is 4.68 Å². The zero-order valence-corrected chi connectivity index (χ0v) is 18.0. The smallest absolute Gasteiger partial charge is 0.231 e. The third kappa shape index (κ3) is 3.25. The van der Waals surface area contributed by atoms with Crippen molar-refractivity contribution in [2.45, 2.75) is 13.3 Å². The molecule has 0 saturated carbocycles. The van der Waals surface area contributed by atoms with Gasteiger partial charge in [0, 0.05) is 18.2 Å². The minimum Gasteiger partial charge on any atom is -0.454 e. The number of aromatic nitrogens is 3. The number of carbonyl (C=O) groups is 1. The van der Waals surface area contributed by atoms with Gasteiger partial charge in [0.2, 0.25) is 17.8 Å². The highest BCUT2D eigenvalue weighted by Gasteiger charge is 2.19. The Hall–Kier alpha value is -3.91. The summed E-state index contributed by atoms with van der Waals surface area (Å²) in [6.07, 6.45) is 0.271. The summed E-state index contributed by atoms with van der Waals surface area (Å²) in [7, 11) is 0. The molecule has 0 fully saturated rings. The van der Waals surface area contributed by atoms with Crippen LogP contribution in [0.15, 0.2) is 60.7 Å². The lowest BCUT2D eigenvalue weighted by molar-refractivity contribution is -0.115. The minimum atomic E-state index is -0.107. The van der Waals surface area contributed by atoms with Crippen molar-refractivity contribution in [3.8, 4) is 16.6 Å². The van der Waals surface area contributed by atoms with E-state index in [2.05, 4.69) is 10.4 Å². The first-order chi connectivity index (χ1) is 15.6. The van der Waals surface area contributed by atoms with E-state index in [4.69, 9.17) is 14.5 Å². The third-order valence-electron chi connectivity index (χ3n) is 5.38. The summed E-state index contributed by atoms with van der Waals surface area (Å²) in [5.41, 5.74) is 2.58. The van der Waals surface area contributed by atoms with Crippen LogP contribution in [0.25, 0.3) is 26.1 Å². The molecule has 1 aliphatic rings. The predicted molar refractivity (Wildman–Crippen MR) is 124 cm³/mol. The van der Waals surface area contributed by atoms with Gasteiger partial charge in [-0.2, -0.15) is 9.78 Å². The first-order valence-electron chi connectivity index (χ1n) is 10.2. The van der Waals surface area contributed by atoms with E-state index in [0.29, 0.717) is 22.4 Å². The molecule has 0 radical (unpaired) electrons. The molecule has 1 aliphatic heterocycles. The number of benzene rings is 3. The number of ether oxygens (including phenoxy) is 2. The highest BCUT2D eigenvalue weighted by atomic mass is 32.1. The maximum atomic E-state index is 12.9. The van der Waals surface area contributed by atoms with Crippen LogP contribution in [0.1, 0.15) is 11.3 Å². The normalized spacial score (nSPS) is 12.5. The number of aryl methyl sites for hydroxylation is 1. The summed E-state index contributed by atoms with van der Waals surface area (Å²) < 4.78 is 13.6. The lowest BCUT2D eigenvalue weighted by Crippen LogP contribution is -2.17. The molecule has 0 unspecified atom stereocenters. The number of anilines is 1. The second-order valence-corrected chi connectivity index (χ2v) is 8.62. The van der Waals surface area contributed by atoms with Gasteiger partial charge in [-0.05, 0) is 23.3 Å². The fourth-order valence-corrected chi connectivity index (χ4v) is 4.88. The molecule has 158 valence electrons. The van der Waals surface area contributed by atoms with E-state index in [1.165, 1.54) is 11.3 Å². The molecule has 6 rings (SSSR count). The molecule has 0 aliphatic carbocycles. The van der Waals surface area contributed by atoms with E-state index in [-0.39, 0.29) is 19.1 Å². The average molecular weight is 443 g/mol. The maximum absolute atomic E-state index is 12.9. The van der Waals surface area contributed by atoms with Crippen LogP contribution in [0.5, 0.6) is 11.5 Å². The summed E-state index contributed by atoms with van der Waals surface area (Å²) in [6.45, 7) is 2.12. The van der Waals surface area contributed by atoms with Gasteiger partial charge in [-0.25, -0.2) is 4.98 Å². The van der Waals surface area contributed by atoms with E-state index in [9.17, 15) is 4.79 Å². The van der Waals surface area contributed by atoms with Crippen LogP contribution in [-0.2, 0) is 11.2 Å². The van der Waals surface area contributed by atoms with Crippen molar-refractivity contribution >= 4 is 44.1 Å². The molecule has 3 aromatic carbocycles. The molecule has 5 aromatic rings. The molecule has 32 heavy (non-hydrogen) atoms. The fraction of sp³-hybridized carbons (Fsp3) is 0.125. The molecule has 7 nitrogen and oxygen atoms in total. The van der Waals surface area contributed by atoms with Crippen LogP contribution < -0.4 is 14.8 Å². The molecule has 2 aromatic heterocycles. The van der Waals surface area contributed by atoms with Crippen LogP contribution in [0.3, 0.4) is 0 Å². The Kier molecular flexibility index (Phi) is 4.32. The number of nitrogens with one attached hydrogen (secondary N) is 1. The van der Waals surface area contributed by atoms with Crippen LogP contribution in [0, 0.1) is 6.92 Å². The number of hydrogen-bond acceptors (Lipinski definition) is 6. The number of fused-ring (bicyclic) bond motifs is 3. The quantitative estimate of drug-likeness (QED) is 0.430. The van der Waals surface area contributed by atoms with Crippen molar-refractivity contribution in [1.82, 2.24) is 14.8 Å². The van der Waals surface area contributed by atoms with Crippen LogP contribution >= 0.6 is 11.3 Å². The van der Waals surface area contributed by atoms with Gasteiger partial charge in [-0.1, -0.05) is 53.8 Å². The monoisotopic (exact) mass is 442 g/mol. The van der Waals surface area contributed by atoms with Gasteiger partial charge in [0.05, 0.1) is 22.3 Å². The van der Waals surface area contributed by atoms with Crippen LogP contribution in [-0.4, -0.2) is 27.5 Å². The topological polar surface area (TPSA) is 78.3 Å². The van der Waals surface area contributed by atoms with Crippen molar-refractivity contribution in [2.24, 2.45) is 0 Å². The summed E-state index contributed by atoms with van der Waals surface area (Å²) in [5, 5.41) is 10.4. The van der Waals surface area contributed by atoms with Gasteiger partial charge in [0.25, 0.3) is 0 Å². The number of nitrogens with zero attached hydrogens (tertiary/aromatic N) is 3. The third-order valence-corrected chi connectivity index (χ3v) is 6.38. The van der Waals surface area contributed by atoms with Gasteiger partial charge < -0.3 is 14.8 Å². The second kappa shape index (κ2) is 7.35. The summed E-state index contributed by atoms with van der Waals surface area (Å²) in [5.74, 6) is 1.89. The Morgan fingerprint density at radius 1 is 1.09 bits per heavy atom. The molecule has 8 heteroatoms. The van der Waals surface area contributed by atoms with E-state index in [0.717, 1.165) is 32.2 Å². The Labute approximate surface area is 187 Å². The predicted octanol–water partition coefficient (Wildman–Crippen LogP) is 4.85. The highest BCUT2D eigenvalue weighted by Crippen LogP contribution is 2.39. The van der Waals surface area contributed by atoms with E-state index < -0.39 is 0 Å². The van der Waals surface area contributed by atoms with Crippen LogP contribution in [0.4, 0.5) is 5.82 Å². The van der Waals surface area contributed by atoms with Crippen molar-refractivity contribution in [3.63, 3.8) is 0 Å². The molecular weight excluding hydrogens is 424 g/mol. The minimum absolute atomic E-state index is 0.107. The second-order valence-electron chi connectivity index (χ2n) is 7.62.